The van der Waals surface area contributed by atoms with Gasteiger partial charge in [0.05, 0.1) is 10.2 Å². The molecule has 0 aliphatic heterocycles. The summed E-state index contributed by atoms with van der Waals surface area (Å²) < 4.78 is 7.09. The number of furan rings is 1. The SMILES string of the molecule is CC(=O)c1ccc(-c2ccc(-c3nc4ccccc4s3)o2)cc1. The number of aromatic nitrogens is 1. The zero-order valence-corrected chi connectivity index (χ0v) is 13.3. The van der Waals surface area contributed by atoms with Crippen LogP contribution in [0.15, 0.2) is 65.1 Å². The number of hydrogen-bond acceptors (Lipinski definition) is 4. The minimum absolute atomic E-state index is 0.0613. The molecule has 0 aliphatic carbocycles. The molecule has 0 radical (unpaired) electrons. The highest BCUT2D eigenvalue weighted by molar-refractivity contribution is 7.21. The Kier molecular flexibility index (Phi) is 3.32. The van der Waals surface area contributed by atoms with Crippen LogP contribution in [-0.2, 0) is 0 Å². The Hall–Kier alpha value is -2.72. The van der Waals surface area contributed by atoms with Crippen LogP contribution < -0.4 is 0 Å². The number of benzene rings is 2. The molecule has 0 amide bonds. The van der Waals surface area contributed by atoms with Crippen molar-refractivity contribution in [2.45, 2.75) is 6.92 Å². The molecule has 2 heterocycles. The van der Waals surface area contributed by atoms with E-state index in [1.165, 1.54) is 0 Å². The van der Waals surface area contributed by atoms with Crippen molar-refractivity contribution in [1.29, 1.82) is 0 Å². The molecule has 4 aromatic rings. The second kappa shape index (κ2) is 5.48. The molecule has 4 rings (SSSR count). The number of para-hydroxylation sites is 1. The lowest BCUT2D eigenvalue weighted by Crippen LogP contribution is -1.90. The van der Waals surface area contributed by atoms with Gasteiger partial charge in [-0.05, 0) is 31.2 Å². The van der Waals surface area contributed by atoms with Crippen LogP contribution in [0.4, 0.5) is 0 Å². The minimum atomic E-state index is 0.0613. The van der Waals surface area contributed by atoms with Crippen LogP contribution in [0.3, 0.4) is 0 Å². The molecular formula is C19H13NO2S. The number of carbonyl (C=O) groups excluding carboxylic acids is 1. The van der Waals surface area contributed by atoms with Crippen molar-refractivity contribution in [3.63, 3.8) is 0 Å². The molecular weight excluding hydrogens is 306 g/mol. The van der Waals surface area contributed by atoms with Gasteiger partial charge in [-0.2, -0.15) is 0 Å². The van der Waals surface area contributed by atoms with Gasteiger partial charge in [0.1, 0.15) is 5.76 Å². The lowest BCUT2D eigenvalue weighted by molar-refractivity contribution is 0.101. The van der Waals surface area contributed by atoms with E-state index in [-0.39, 0.29) is 5.78 Å². The Morgan fingerprint density at radius 3 is 2.43 bits per heavy atom. The van der Waals surface area contributed by atoms with Gasteiger partial charge in [-0.15, -0.1) is 11.3 Å². The maximum absolute atomic E-state index is 11.3. The zero-order chi connectivity index (χ0) is 15.8. The lowest BCUT2D eigenvalue weighted by Gasteiger charge is -1.99. The third-order valence-corrected chi connectivity index (χ3v) is 4.74. The summed E-state index contributed by atoms with van der Waals surface area (Å²) in [5, 5.41) is 0.873. The summed E-state index contributed by atoms with van der Waals surface area (Å²) in [4.78, 5) is 15.9. The number of hydrogen-bond donors (Lipinski definition) is 0. The first kappa shape index (κ1) is 13.9. The fourth-order valence-corrected chi connectivity index (χ4v) is 3.38. The first-order valence-corrected chi connectivity index (χ1v) is 8.09. The number of nitrogens with zero attached hydrogens (tertiary/aromatic N) is 1. The Morgan fingerprint density at radius 1 is 0.957 bits per heavy atom. The van der Waals surface area contributed by atoms with Crippen molar-refractivity contribution in [3.8, 4) is 22.1 Å². The fourth-order valence-electron chi connectivity index (χ4n) is 2.45. The molecule has 2 aromatic carbocycles. The molecule has 0 unspecified atom stereocenters. The smallest absolute Gasteiger partial charge is 0.163 e. The summed E-state index contributed by atoms with van der Waals surface area (Å²) in [6.07, 6.45) is 0. The van der Waals surface area contributed by atoms with E-state index in [1.807, 2.05) is 54.6 Å². The van der Waals surface area contributed by atoms with Crippen LogP contribution in [0.5, 0.6) is 0 Å². The second-order valence-electron chi connectivity index (χ2n) is 5.28. The fraction of sp³-hybridized carbons (Fsp3) is 0.0526. The van der Waals surface area contributed by atoms with Gasteiger partial charge in [-0.1, -0.05) is 36.4 Å². The predicted octanol–water partition coefficient (Wildman–Crippen LogP) is 5.43. The van der Waals surface area contributed by atoms with E-state index >= 15 is 0 Å². The molecule has 23 heavy (non-hydrogen) atoms. The standard InChI is InChI=1S/C19H13NO2S/c1-12(21)13-6-8-14(9-7-13)16-10-11-17(22-16)19-20-15-4-2-3-5-18(15)23-19/h2-11H,1H3. The topological polar surface area (TPSA) is 43.1 Å². The third-order valence-electron chi connectivity index (χ3n) is 3.69. The molecule has 0 saturated heterocycles. The first-order valence-electron chi connectivity index (χ1n) is 7.28. The van der Waals surface area contributed by atoms with Crippen molar-refractivity contribution in [1.82, 2.24) is 4.98 Å². The lowest BCUT2D eigenvalue weighted by atomic mass is 10.1. The van der Waals surface area contributed by atoms with Crippen LogP contribution in [0.1, 0.15) is 17.3 Å². The first-order chi connectivity index (χ1) is 11.2. The summed E-state index contributed by atoms with van der Waals surface area (Å²) in [6.45, 7) is 1.56. The molecule has 0 fully saturated rings. The van der Waals surface area contributed by atoms with Crippen LogP contribution in [0.2, 0.25) is 0 Å². The Bertz CT molecular complexity index is 963. The van der Waals surface area contributed by atoms with Crippen LogP contribution in [0, 0.1) is 0 Å². The van der Waals surface area contributed by atoms with Gasteiger partial charge < -0.3 is 4.42 Å². The molecule has 2 aromatic heterocycles. The molecule has 3 nitrogen and oxygen atoms in total. The van der Waals surface area contributed by atoms with Crippen LogP contribution >= 0.6 is 11.3 Å². The van der Waals surface area contributed by atoms with Crippen molar-refractivity contribution in [3.05, 3.63) is 66.2 Å². The van der Waals surface area contributed by atoms with Crippen molar-refractivity contribution >= 4 is 27.3 Å². The van der Waals surface area contributed by atoms with Crippen molar-refractivity contribution in [2.24, 2.45) is 0 Å². The average molecular weight is 319 g/mol. The zero-order valence-electron chi connectivity index (χ0n) is 12.4. The third kappa shape index (κ3) is 2.58. The van der Waals surface area contributed by atoms with Gasteiger partial charge >= 0.3 is 0 Å². The van der Waals surface area contributed by atoms with Gasteiger partial charge in [0.15, 0.2) is 16.6 Å². The number of Topliss-reactive ketones (excluding diaryl/α,β-unsaturated/α-hetero) is 1. The minimum Gasteiger partial charge on any atom is -0.454 e. The van der Waals surface area contributed by atoms with E-state index in [9.17, 15) is 4.79 Å². The molecule has 0 N–H and O–H groups in total. The van der Waals surface area contributed by atoms with Gasteiger partial charge in [0.2, 0.25) is 0 Å². The summed E-state index contributed by atoms with van der Waals surface area (Å²) in [5.41, 5.74) is 2.63. The quantitative estimate of drug-likeness (QED) is 0.473. The average Bonchev–Trinajstić information content (AvgIpc) is 3.21. The summed E-state index contributed by atoms with van der Waals surface area (Å²) in [7, 11) is 0. The largest absolute Gasteiger partial charge is 0.454 e. The van der Waals surface area contributed by atoms with Crippen LogP contribution in [-0.4, -0.2) is 10.8 Å². The van der Waals surface area contributed by atoms with Crippen molar-refractivity contribution < 1.29 is 9.21 Å². The number of thiazole rings is 1. The van der Waals surface area contributed by atoms with E-state index < -0.39 is 0 Å². The monoisotopic (exact) mass is 319 g/mol. The summed E-state index contributed by atoms with van der Waals surface area (Å²) in [5.74, 6) is 1.59. The van der Waals surface area contributed by atoms with Crippen LogP contribution in [0.25, 0.3) is 32.3 Å². The maximum atomic E-state index is 11.3. The van der Waals surface area contributed by atoms with Gasteiger partial charge in [0.25, 0.3) is 0 Å². The molecule has 0 bridgehead atoms. The highest BCUT2D eigenvalue weighted by Crippen LogP contribution is 2.33. The normalized spacial score (nSPS) is 11.0. The predicted molar refractivity (Wildman–Crippen MR) is 92.8 cm³/mol. The Balaban J connectivity index is 1.69. The molecule has 0 spiro atoms. The molecule has 0 atom stereocenters. The molecule has 0 saturated carbocycles. The van der Waals surface area contributed by atoms with E-state index in [4.69, 9.17) is 4.42 Å². The van der Waals surface area contributed by atoms with Gasteiger partial charge in [-0.3, -0.25) is 4.79 Å². The Morgan fingerprint density at radius 2 is 1.70 bits per heavy atom. The summed E-state index contributed by atoms with van der Waals surface area (Å²) >= 11 is 1.62. The summed E-state index contributed by atoms with van der Waals surface area (Å²) in [6, 6.07) is 19.4. The van der Waals surface area contributed by atoms with E-state index in [2.05, 4.69) is 11.1 Å². The van der Waals surface area contributed by atoms with E-state index in [0.29, 0.717) is 5.56 Å². The maximum Gasteiger partial charge on any atom is 0.163 e. The van der Waals surface area contributed by atoms with Crippen molar-refractivity contribution in [2.75, 3.05) is 0 Å². The number of carbonyl (C=O) groups is 1. The highest BCUT2D eigenvalue weighted by Gasteiger charge is 2.11. The second-order valence-corrected chi connectivity index (χ2v) is 6.31. The number of fused-ring (bicyclic) bond motifs is 1. The molecule has 112 valence electrons. The Labute approximate surface area is 137 Å². The van der Waals surface area contributed by atoms with Gasteiger partial charge in [-0.25, -0.2) is 4.98 Å². The number of rotatable bonds is 3. The highest BCUT2D eigenvalue weighted by atomic mass is 32.1. The number of ketones is 1. The molecule has 4 heteroatoms. The van der Waals surface area contributed by atoms with Gasteiger partial charge in [0, 0.05) is 11.1 Å². The van der Waals surface area contributed by atoms with E-state index in [1.54, 1.807) is 18.3 Å². The molecule has 0 aliphatic rings. The van der Waals surface area contributed by atoms with E-state index in [0.717, 1.165) is 32.3 Å².